The third kappa shape index (κ3) is 2.92. The van der Waals surface area contributed by atoms with Gasteiger partial charge in [-0.1, -0.05) is 0 Å². The number of hydrogen-bond acceptors (Lipinski definition) is 4. The Labute approximate surface area is 92.5 Å². The molecule has 4 nitrogen and oxygen atoms in total. The Balaban J connectivity index is 3.51. The van der Waals surface area contributed by atoms with Crippen LogP contribution in [-0.2, 0) is 15.2 Å². The molecule has 0 bridgehead atoms. The smallest absolute Gasteiger partial charge is 0.298 e. The van der Waals surface area contributed by atoms with Gasteiger partial charge in [-0.05, 0) is 12.1 Å². The molecule has 0 unspecified atom stereocenters. The Morgan fingerprint density at radius 3 is 2.25 bits per heavy atom. The normalized spacial score (nSPS) is 12.5. The van der Waals surface area contributed by atoms with Crippen molar-refractivity contribution in [2.75, 3.05) is 0 Å². The molecule has 1 rings (SSSR count). The van der Waals surface area contributed by atoms with Crippen LogP contribution in [0.1, 0.15) is 16.1 Å². The number of halogens is 4. The quantitative estimate of drug-likeness (QED) is 0.609. The fourth-order valence-electron chi connectivity index (χ4n) is 0.864. The predicted molar refractivity (Wildman–Crippen MR) is 47.7 cm³/mol. The lowest BCUT2D eigenvalue weighted by molar-refractivity contribution is -0.141. The topological polar surface area (TPSA) is 64.1 Å². The molecule has 0 spiro atoms. The predicted octanol–water partition coefficient (Wildman–Crippen LogP) is 1.84. The second-order valence-electron chi connectivity index (χ2n) is 2.68. The van der Waals surface area contributed by atoms with Crippen LogP contribution < -0.4 is 0 Å². The van der Waals surface area contributed by atoms with E-state index < -0.39 is 31.5 Å². The van der Waals surface area contributed by atoms with Gasteiger partial charge in [0.05, 0.1) is 0 Å². The summed E-state index contributed by atoms with van der Waals surface area (Å²) in [7, 11) is 0.420. The molecule has 0 aromatic carbocycles. The first-order valence-corrected chi connectivity index (χ1v) is 5.94. The summed E-state index contributed by atoms with van der Waals surface area (Å²) in [6.45, 7) is 0. The van der Waals surface area contributed by atoms with E-state index in [2.05, 4.69) is 4.98 Å². The molecule has 0 saturated heterocycles. The second kappa shape index (κ2) is 4.02. The van der Waals surface area contributed by atoms with Crippen molar-refractivity contribution in [1.29, 1.82) is 0 Å². The lowest BCUT2D eigenvalue weighted by atomic mass is 10.2. The van der Waals surface area contributed by atoms with Crippen molar-refractivity contribution >= 4 is 26.0 Å². The molecular formula is C7H3ClF3NO3S. The molecule has 0 aliphatic rings. The number of carbonyl (C=O) groups is 1. The van der Waals surface area contributed by atoms with Gasteiger partial charge in [0, 0.05) is 16.2 Å². The van der Waals surface area contributed by atoms with E-state index in [1.54, 1.807) is 0 Å². The zero-order valence-electron chi connectivity index (χ0n) is 7.32. The van der Waals surface area contributed by atoms with Gasteiger partial charge in [0.2, 0.25) is 0 Å². The van der Waals surface area contributed by atoms with Gasteiger partial charge in [-0.25, -0.2) is 13.4 Å². The van der Waals surface area contributed by atoms with Crippen LogP contribution >= 0.6 is 10.7 Å². The molecule has 0 fully saturated rings. The minimum Gasteiger partial charge on any atom is -0.298 e. The van der Waals surface area contributed by atoms with Gasteiger partial charge in [-0.15, -0.1) is 0 Å². The monoisotopic (exact) mass is 273 g/mol. The molecule has 0 aliphatic heterocycles. The third-order valence-electron chi connectivity index (χ3n) is 1.50. The molecule has 0 amide bonds. The number of rotatable bonds is 2. The number of hydrogen-bond donors (Lipinski definition) is 0. The second-order valence-corrected chi connectivity index (χ2v) is 5.19. The maximum atomic E-state index is 12.3. The third-order valence-corrected chi connectivity index (χ3v) is 2.68. The van der Waals surface area contributed by atoms with Crippen LogP contribution in [0, 0.1) is 0 Å². The van der Waals surface area contributed by atoms with Gasteiger partial charge in [0.1, 0.15) is 12.0 Å². The van der Waals surface area contributed by atoms with Crippen LogP contribution in [0.25, 0.3) is 0 Å². The summed E-state index contributed by atoms with van der Waals surface area (Å²) >= 11 is 0. The average Bonchev–Trinajstić information content (AvgIpc) is 2.14. The van der Waals surface area contributed by atoms with E-state index in [1.165, 1.54) is 0 Å². The van der Waals surface area contributed by atoms with Crippen LogP contribution in [0.4, 0.5) is 13.2 Å². The zero-order chi connectivity index (χ0) is 12.6. The highest BCUT2D eigenvalue weighted by Crippen LogP contribution is 2.29. The lowest BCUT2D eigenvalue weighted by Gasteiger charge is -2.07. The number of carbonyl (C=O) groups excluding carboxylic acids is 1. The number of aldehydes is 1. The van der Waals surface area contributed by atoms with Crippen molar-refractivity contribution in [2.45, 2.75) is 11.2 Å². The van der Waals surface area contributed by atoms with Gasteiger partial charge >= 0.3 is 6.18 Å². The minimum absolute atomic E-state index is 0.0719. The number of nitrogens with zero attached hydrogens (tertiary/aromatic N) is 1. The maximum Gasteiger partial charge on any atom is 0.433 e. The van der Waals surface area contributed by atoms with Crippen LogP contribution in [0.15, 0.2) is 17.2 Å². The zero-order valence-corrected chi connectivity index (χ0v) is 8.90. The van der Waals surface area contributed by atoms with Gasteiger partial charge in [-0.2, -0.15) is 13.2 Å². The summed E-state index contributed by atoms with van der Waals surface area (Å²) in [6.07, 6.45) is -4.78. The minimum atomic E-state index is -4.85. The maximum absolute atomic E-state index is 12.3. The van der Waals surface area contributed by atoms with E-state index in [-0.39, 0.29) is 6.29 Å². The molecule has 0 atom stereocenters. The molecular weight excluding hydrogens is 271 g/mol. The summed E-state index contributed by atoms with van der Waals surface area (Å²) < 4.78 is 58.4. The van der Waals surface area contributed by atoms with Crippen LogP contribution in [0.3, 0.4) is 0 Å². The molecule has 88 valence electrons. The molecule has 16 heavy (non-hydrogen) atoms. The van der Waals surface area contributed by atoms with Crippen molar-refractivity contribution in [2.24, 2.45) is 0 Å². The van der Waals surface area contributed by atoms with E-state index in [0.717, 1.165) is 0 Å². The lowest BCUT2D eigenvalue weighted by Crippen LogP contribution is -2.11. The van der Waals surface area contributed by atoms with E-state index >= 15 is 0 Å². The Morgan fingerprint density at radius 2 is 1.88 bits per heavy atom. The fraction of sp³-hybridized carbons (Fsp3) is 0.143. The standard InChI is InChI=1S/C7H3ClF3NO3S/c8-16(14,15)6-2-4(3-13)1-5(12-6)7(9,10)11/h1-3H. The highest BCUT2D eigenvalue weighted by Gasteiger charge is 2.34. The largest absolute Gasteiger partial charge is 0.433 e. The average molecular weight is 274 g/mol. The van der Waals surface area contributed by atoms with Crippen molar-refractivity contribution in [3.05, 3.63) is 23.4 Å². The first-order valence-electron chi connectivity index (χ1n) is 3.63. The molecule has 1 heterocycles. The Morgan fingerprint density at radius 1 is 1.31 bits per heavy atom. The van der Waals surface area contributed by atoms with Crippen LogP contribution in [0.2, 0.25) is 0 Å². The van der Waals surface area contributed by atoms with Crippen LogP contribution in [-0.4, -0.2) is 19.7 Å². The number of alkyl halides is 3. The molecule has 9 heteroatoms. The van der Waals surface area contributed by atoms with Crippen molar-refractivity contribution in [3.8, 4) is 0 Å². The molecule has 0 saturated carbocycles. The van der Waals surface area contributed by atoms with Gasteiger partial charge in [0.25, 0.3) is 9.05 Å². The fourth-order valence-corrected chi connectivity index (χ4v) is 1.58. The Bertz CT molecular complexity index is 526. The van der Waals surface area contributed by atoms with Gasteiger partial charge in [0.15, 0.2) is 5.03 Å². The van der Waals surface area contributed by atoms with E-state index in [4.69, 9.17) is 10.7 Å². The van der Waals surface area contributed by atoms with Crippen molar-refractivity contribution in [3.63, 3.8) is 0 Å². The first-order chi connectivity index (χ1) is 7.14. The SMILES string of the molecule is O=Cc1cc(C(F)(F)F)nc(S(=O)(=O)Cl)c1. The van der Waals surface area contributed by atoms with E-state index in [1.807, 2.05) is 0 Å². The Kier molecular flexibility index (Phi) is 3.25. The summed E-state index contributed by atoms with van der Waals surface area (Å²) in [6, 6.07) is 1.09. The van der Waals surface area contributed by atoms with Gasteiger partial charge in [-0.3, -0.25) is 4.79 Å². The summed E-state index contributed by atoms with van der Waals surface area (Å²) in [5.74, 6) is 0. The first kappa shape index (κ1) is 12.9. The molecule has 1 aromatic rings. The molecule has 0 N–H and O–H groups in total. The highest BCUT2D eigenvalue weighted by atomic mass is 35.7. The molecule has 1 aromatic heterocycles. The molecule has 0 aliphatic carbocycles. The summed E-state index contributed by atoms with van der Waals surface area (Å²) in [5, 5.41) is -1.01. The molecule has 0 radical (unpaired) electrons. The summed E-state index contributed by atoms with van der Waals surface area (Å²) in [4.78, 5) is 13.2. The Hall–Kier alpha value is -1.15. The van der Waals surface area contributed by atoms with E-state index in [0.29, 0.717) is 12.1 Å². The van der Waals surface area contributed by atoms with Crippen molar-refractivity contribution in [1.82, 2.24) is 4.98 Å². The van der Waals surface area contributed by atoms with E-state index in [9.17, 15) is 26.4 Å². The summed E-state index contributed by atoms with van der Waals surface area (Å²) in [5.41, 5.74) is -1.96. The number of aromatic nitrogens is 1. The van der Waals surface area contributed by atoms with Crippen LogP contribution in [0.5, 0.6) is 0 Å². The number of pyridine rings is 1. The highest BCUT2D eigenvalue weighted by molar-refractivity contribution is 8.13. The van der Waals surface area contributed by atoms with Crippen molar-refractivity contribution < 1.29 is 26.4 Å². The van der Waals surface area contributed by atoms with Gasteiger partial charge < -0.3 is 0 Å².